The van der Waals surface area contributed by atoms with Crippen LogP contribution < -0.4 is 5.32 Å². The first kappa shape index (κ1) is 62.6. The van der Waals surface area contributed by atoms with Crippen LogP contribution in [0.1, 0.15) is 322 Å². The monoisotopic (exact) mass is 904 g/mol. The van der Waals surface area contributed by atoms with E-state index in [0.29, 0.717) is 25.9 Å². The number of allylic oxidation sites excluding steroid dienone is 2. The summed E-state index contributed by atoms with van der Waals surface area (Å²) in [5.74, 6) is -0.0476. The first-order valence-corrected chi connectivity index (χ1v) is 28.9. The number of hydrogen-bond donors (Lipinski definition) is 3. The lowest BCUT2D eigenvalue weighted by Gasteiger charge is -2.22. The molecule has 0 aromatic carbocycles. The van der Waals surface area contributed by atoms with Gasteiger partial charge in [-0.2, -0.15) is 0 Å². The first-order valence-electron chi connectivity index (χ1n) is 28.9. The zero-order chi connectivity index (χ0) is 46.5. The molecule has 0 aliphatic heterocycles. The van der Waals surface area contributed by atoms with Crippen LogP contribution in [0, 0.1) is 0 Å². The van der Waals surface area contributed by atoms with E-state index in [4.69, 9.17) is 4.74 Å². The van der Waals surface area contributed by atoms with Gasteiger partial charge in [-0.05, 0) is 51.4 Å². The highest BCUT2D eigenvalue weighted by Gasteiger charge is 2.20. The molecule has 0 heterocycles. The third-order valence-electron chi connectivity index (χ3n) is 13.6. The van der Waals surface area contributed by atoms with Crippen LogP contribution in [-0.2, 0) is 14.3 Å². The number of aliphatic hydroxyl groups is 2. The molecule has 2 atom stereocenters. The summed E-state index contributed by atoms with van der Waals surface area (Å²) in [6.07, 6.45) is 63.4. The highest BCUT2D eigenvalue weighted by Crippen LogP contribution is 2.17. The summed E-state index contributed by atoms with van der Waals surface area (Å²) < 4.78 is 5.47. The lowest BCUT2D eigenvalue weighted by molar-refractivity contribution is -0.143. The molecule has 3 N–H and O–H groups in total. The van der Waals surface area contributed by atoms with E-state index in [0.717, 1.165) is 51.4 Å². The van der Waals surface area contributed by atoms with E-state index < -0.39 is 12.1 Å². The number of rotatable bonds is 54. The molecule has 0 spiro atoms. The van der Waals surface area contributed by atoms with Crippen molar-refractivity contribution in [3.8, 4) is 0 Å². The van der Waals surface area contributed by atoms with E-state index >= 15 is 0 Å². The molecule has 0 aromatic rings. The van der Waals surface area contributed by atoms with E-state index in [1.165, 1.54) is 238 Å². The SMILES string of the molecule is CCCCCCCC/C=C\CCCCCCCC(=O)OCCCCCCCCCCCCCCCCCC(=O)NC(CO)C(O)CCCCCCCCCCCCCCCCCCC. The van der Waals surface area contributed by atoms with Crippen molar-refractivity contribution in [1.29, 1.82) is 0 Å². The van der Waals surface area contributed by atoms with Gasteiger partial charge in [0.2, 0.25) is 5.91 Å². The molecule has 0 aliphatic carbocycles. The summed E-state index contributed by atoms with van der Waals surface area (Å²) in [6, 6.07) is -0.548. The largest absolute Gasteiger partial charge is 0.466 e. The van der Waals surface area contributed by atoms with Crippen molar-refractivity contribution in [3.63, 3.8) is 0 Å². The van der Waals surface area contributed by atoms with Crippen LogP contribution in [0.15, 0.2) is 12.2 Å². The average molecular weight is 905 g/mol. The summed E-state index contributed by atoms with van der Waals surface area (Å²) in [6.45, 7) is 4.95. The Morgan fingerprint density at radius 3 is 1.11 bits per heavy atom. The van der Waals surface area contributed by atoms with Gasteiger partial charge in [-0.3, -0.25) is 9.59 Å². The lowest BCUT2D eigenvalue weighted by atomic mass is 10.0. The van der Waals surface area contributed by atoms with Crippen molar-refractivity contribution >= 4 is 11.9 Å². The van der Waals surface area contributed by atoms with Crippen LogP contribution in [0.4, 0.5) is 0 Å². The fourth-order valence-corrected chi connectivity index (χ4v) is 9.11. The molecule has 64 heavy (non-hydrogen) atoms. The Kier molecular flexibility index (Phi) is 53.0. The Hall–Kier alpha value is -1.40. The van der Waals surface area contributed by atoms with Crippen LogP contribution in [0.25, 0.3) is 0 Å². The third-order valence-corrected chi connectivity index (χ3v) is 13.6. The van der Waals surface area contributed by atoms with Gasteiger partial charge in [0.1, 0.15) is 0 Å². The molecular weight excluding hydrogens is 791 g/mol. The molecule has 6 nitrogen and oxygen atoms in total. The number of aliphatic hydroxyl groups excluding tert-OH is 2. The standard InChI is InChI=1S/C58H113NO5/c1-3-5-7-9-11-13-15-17-19-20-23-26-30-34-38-42-46-50-56(61)55(54-60)59-57(62)51-47-43-39-35-31-27-24-21-25-29-33-37-41-45-49-53-64-58(63)52-48-44-40-36-32-28-22-18-16-14-12-10-8-6-4-2/h18,22,55-56,60-61H,3-17,19-21,23-54H2,1-2H3,(H,59,62)/b22-18-. The van der Waals surface area contributed by atoms with Crippen molar-refractivity contribution in [2.75, 3.05) is 13.2 Å². The van der Waals surface area contributed by atoms with Crippen molar-refractivity contribution in [1.82, 2.24) is 5.32 Å². The minimum atomic E-state index is -0.670. The maximum Gasteiger partial charge on any atom is 0.305 e. The van der Waals surface area contributed by atoms with Crippen LogP contribution >= 0.6 is 0 Å². The number of ether oxygens (including phenoxy) is 1. The van der Waals surface area contributed by atoms with Crippen molar-refractivity contribution in [2.24, 2.45) is 0 Å². The van der Waals surface area contributed by atoms with Gasteiger partial charge in [-0.25, -0.2) is 0 Å². The Bertz CT molecular complexity index is 955. The third kappa shape index (κ3) is 50.0. The number of unbranched alkanes of at least 4 members (excludes halogenated alkanes) is 41. The first-order chi connectivity index (χ1) is 31.5. The van der Waals surface area contributed by atoms with Gasteiger partial charge in [-0.15, -0.1) is 0 Å². The lowest BCUT2D eigenvalue weighted by Crippen LogP contribution is -2.45. The Labute approximate surface area is 399 Å². The topological polar surface area (TPSA) is 95.9 Å². The molecule has 0 fully saturated rings. The van der Waals surface area contributed by atoms with Crippen LogP contribution in [0.5, 0.6) is 0 Å². The maximum absolute atomic E-state index is 12.5. The molecule has 6 heteroatoms. The molecule has 1 amide bonds. The molecular formula is C58H113NO5. The quantitative estimate of drug-likeness (QED) is 0.0321. The molecule has 0 radical (unpaired) electrons. The van der Waals surface area contributed by atoms with E-state index in [1.807, 2.05) is 0 Å². The van der Waals surface area contributed by atoms with Gasteiger partial charge in [-0.1, -0.05) is 270 Å². The van der Waals surface area contributed by atoms with Gasteiger partial charge < -0.3 is 20.3 Å². The average Bonchev–Trinajstić information content (AvgIpc) is 3.29. The van der Waals surface area contributed by atoms with Crippen molar-refractivity contribution in [3.05, 3.63) is 12.2 Å². The zero-order valence-electron chi connectivity index (χ0n) is 43.3. The zero-order valence-corrected chi connectivity index (χ0v) is 43.3. The van der Waals surface area contributed by atoms with E-state index in [2.05, 4.69) is 31.3 Å². The predicted octanol–water partition coefficient (Wildman–Crippen LogP) is 17.7. The Morgan fingerprint density at radius 2 is 0.734 bits per heavy atom. The highest BCUT2D eigenvalue weighted by molar-refractivity contribution is 5.76. The molecule has 0 aliphatic rings. The Morgan fingerprint density at radius 1 is 0.422 bits per heavy atom. The minimum Gasteiger partial charge on any atom is -0.466 e. The normalized spacial score (nSPS) is 12.6. The van der Waals surface area contributed by atoms with Gasteiger partial charge in [0.25, 0.3) is 0 Å². The molecule has 0 bridgehead atoms. The number of hydrogen-bond acceptors (Lipinski definition) is 5. The molecule has 0 aromatic heterocycles. The minimum absolute atomic E-state index is 0.00647. The molecule has 380 valence electrons. The molecule has 0 saturated carbocycles. The second kappa shape index (κ2) is 54.2. The molecule has 0 saturated heterocycles. The van der Waals surface area contributed by atoms with E-state index in [1.54, 1.807) is 0 Å². The van der Waals surface area contributed by atoms with Crippen molar-refractivity contribution in [2.45, 2.75) is 334 Å². The van der Waals surface area contributed by atoms with Gasteiger partial charge in [0, 0.05) is 12.8 Å². The fraction of sp³-hybridized carbons (Fsp3) is 0.931. The smallest absolute Gasteiger partial charge is 0.305 e. The summed E-state index contributed by atoms with van der Waals surface area (Å²) >= 11 is 0. The second-order valence-corrected chi connectivity index (χ2v) is 20.0. The van der Waals surface area contributed by atoms with Crippen LogP contribution in [-0.4, -0.2) is 47.4 Å². The number of carbonyl (C=O) groups excluding carboxylic acids is 2. The second-order valence-electron chi connectivity index (χ2n) is 20.0. The Balaban J connectivity index is 3.43. The maximum atomic E-state index is 12.5. The number of esters is 1. The van der Waals surface area contributed by atoms with E-state index in [9.17, 15) is 19.8 Å². The van der Waals surface area contributed by atoms with Crippen molar-refractivity contribution < 1.29 is 24.5 Å². The molecule has 2 unspecified atom stereocenters. The number of amides is 1. The summed E-state index contributed by atoms with van der Waals surface area (Å²) in [4.78, 5) is 24.5. The number of nitrogens with one attached hydrogen (secondary N) is 1. The van der Waals surface area contributed by atoms with Gasteiger partial charge >= 0.3 is 5.97 Å². The summed E-state index contributed by atoms with van der Waals surface area (Å²) in [5, 5.41) is 23.3. The molecule has 0 rings (SSSR count). The number of carbonyl (C=O) groups is 2. The summed E-state index contributed by atoms with van der Waals surface area (Å²) in [7, 11) is 0. The highest BCUT2D eigenvalue weighted by atomic mass is 16.5. The van der Waals surface area contributed by atoms with E-state index in [-0.39, 0.29) is 18.5 Å². The fourth-order valence-electron chi connectivity index (χ4n) is 9.11. The van der Waals surface area contributed by atoms with Crippen LogP contribution in [0.2, 0.25) is 0 Å². The van der Waals surface area contributed by atoms with Gasteiger partial charge in [0.15, 0.2) is 0 Å². The van der Waals surface area contributed by atoms with Crippen LogP contribution in [0.3, 0.4) is 0 Å². The predicted molar refractivity (Wildman–Crippen MR) is 278 cm³/mol. The summed E-state index contributed by atoms with van der Waals surface area (Å²) in [5.41, 5.74) is 0. The van der Waals surface area contributed by atoms with Gasteiger partial charge in [0.05, 0.1) is 25.4 Å².